The van der Waals surface area contributed by atoms with Crippen molar-refractivity contribution in [2.75, 3.05) is 25.0 Å². The predicted molar refractivity (Wildman–Crippen MR) is 125 cm³/mol. The smallest absolute Gasteiger partial charge is 0.251 e. The highest BCUT2D eigenvalue weighted by Crippen LogP contribution is 2.21. The van der Waals surface area contributed by atoms with E-state index in [1.165, 1.54) is 0 Å². The number of halogens is 1. The number of rotatable bonds is 7. The first-order valence-electron chi connectivity index (χ1n) is 10.8. The highest BCUT2D eigenvalue weighted by molar-refractivity contribution is 6.33. The zero-order valence-electron chi connectivity index (χ0n) is 17.7. The number of anilines is 1. The van der Waals surface area contributed by atoms with Gasteiger partial charge in [0.1, 0.15) is 0 Å². The van der Waals surface area contributed by atoms with Gasteiger partial charge in [-0.3, -0.25) is 9.59 Å². The van der Waals surface area contributed by atoms with Gasteiger partial charge < -0.3 is 16.0 Å². The highest BCUT2D eigenvalue weighted by atomic mass is 35.5. The van der Waals surface area contributed by atoms with Gasteiger partial charge in [0.05, 0.1) is 29.0 Å². The molecule has 0 saturated carbocycles. The maximum Gasteiger partial charge on any atom is 0.251 e. The summed E-state index contributed by atoms with van der Waals surface area (Å²) in [5.74, 6) is 0.259. The van der Waals surface area contributed by atoms with E-state index in [1.54, 1.807) is 41.3 Å². The predicted octanol–water partition coefficient (Wildman–Crippen LogP) is 3.44. The number of piperidine rings is 1. The van der Waals surface area contributed by atoms with Crippen molar-refractivity contribution in [2.24, 2.45) is 5.92 Å². The van der Waals surface area contributed by atoms with Crippen LogP contribution in [0.1, 0.15) is 28.8 Å². The number of nitrogens with one attached hydrogen (secondary N) is 3. The summed E-state index contributed by atoms with van der Waals surface area (Å²) in [4.78, 5) is 25.0. The van der Waals surface area contributed by atoms with Crippen LogP contribution >= 0.6 is 11.6 Å². The van der Waals surface area contributed by atoms with E-state index >= 15 is 0 Å². The van der Waals surface area contributed by atoms with Crippen LogP contribution in [0.15, 0.2) is 60.9 Å². The van der Waals surface area contributed by atoms with Crippen LogP contribution in [0.2, 0.25) is 5.02 Å². The SMILES string of the molecule is O=C(Cc1cnn(-c2cccc(C(=O)NCC3CCNCC3)c2)c1)Nc1ccccc1Cl. The lowest BCUT2D eigenvalue weighted by Gasteiger charge is -2.22. The van der Waals surface area contributed by atoms with Gasteiger partial charge in [0.25, 0.3) is 5.91 Å². The molecule has 3 aromatic rings. The average molecular weight is 452 g/mol. The Hall–Kier alpha value is -3.16. The maximum atomic E-state index is 12.6. The van der Waals surface area contributed by atoms with E-state index in [0.29, 0.717) is 28.7 Å². The minimum absolute atomic E-state index is 0.0862. The fraction of sp³-hybridized carbons (Fsp3) is 0.292. The largest absolute Gasteiger partial charge is 0.352 e. The molecule has 4 rings (SSSR count). The van der Waals surface area contributed by atoms with E-state index in [4.69, 9.17) is 11.6 Å². The lowest BCUT2D eigenvalue weighted by molar-refractivity contribution is -0.115. The fourth-order valence-electron chi connectivity index (χ4n) is 3.75. The van der Waals surface area contributed by atoms with E-state index in [0.717, 1.165) is 37.2 Å². The number of carbonyl (C=O) groups is 2. The van der Waals surface area contributed by atoms with Gasteiger partial charge in [0, 0.05) is 18.3 Å². The number of nitrogens with zero attached hydrogens (tertiary/aromatic N) is 2. The molecule has 0 radical (unpaired) electrons. The molecule has 0 aliphatic carbocycles. The molecule has 0 unspecified atom stereocenters. The molecule has 32 heavy (non-hydrogen) atoms. The van der Waals surface area contributed by atoms with E-state index < -0.39 is 0 Å². The summed E-state index contributed by atoms with van der Waals surface area (Å²) in [6.45, 7) is 2.71. The highest BCUT2D eigenvalue weighted by Gasteiger charge is 2.15. The van der Waals surface area contributed by atoms with Crippen molar-refractivity contribution < 1.29 is 9.59 Å². The first kappa shape index (κ1) is 22.0. The van der Waals surface area contributed by atoms with Crippen molar-refractivity contribution in [1.29, 1.82) is 0 Å². The van der Waals surface area contributed by atoms with Crippen LogP contribution in [-0.2, 0) is 11.2 Å². The normalized spacial score (nSPS) is 14.2. The molecule has 1 aromatic heterocycles. The van der Waals surface area contributed by atoms with Crippen molar-refractivity contribution in [3.8, 4) is 5.69 Å². The molecule has 2 aromatic carbocycles. The van der Waals surface area contributed by atoms with Crippen LogP contribution in [-0.4, -0.2) is 41.2 Å². The van der Waals surface area contributed by atoms with E-state index in [-0.39, 0.29) is 18.2 Å². The van der Waals surface area contributed by atoms with Crippen LogP contribution in [0.25, 0.3) is 5.69 Å². The van der Waals surface area contributed by atoms with Gasteiger partial charge in [0.15, 0.2) is 0 Å². The third-order valence-electron chi connectivity index (χ3n) is 5.53. The minimum Gasteiger partial charge on any atom is -0.352 e. The third kappa shape index (κ3) is 5.75. The summed E-state index contributed by atoms with van der Waals surface area (Å²) in [6, 6.07) is 14.4. The Kier molecular flexibility index (Phi) is 7.19. The number of carbonyl (C=O) groups excluding carboxylic acids is 2. The summed E-state index contributed by atoms with van der Waals surface area (Å²) >= 11 is 6.10. The maximum absolute atomic E-state index is 12.6. The van der Waals surface area contributed by atoms with Gasteiger partial charge in [-0.2, -0.15) is 5.10 Å². The van der Waals surface area contributed by atoms with Crippen LogP contribution < -0.4 is 16.0 Å². The van der Waals surface area contributed by atoms with Crippen LogP contribution in [0, 0.1) is 5.92 Å². The lowest BCUT2D eigenvalue weighted by Crippen LogP contribution is -2.36. The Morgan fingerprint density at radius 2 is 1.94 bits per heavy atom. The molecule has 1 saturated heterocycles. The Morgan fingerprint density at radius 1 is 1.12 bits per heavy atom. The van der Waals surface area contributed by atoms with E-state index in [9.17, 15) is 9.59 Å². The zero-order valence-corrected chi connectivity index (χ0v) is 18.4. The van der Waals surface area contributed by atoms with Gasteiger partial charge in [-0.15, -0.1) is 0 Å². The second-order valence-electron chi connectivity index (χ2n) is 7.95. The summed E-state index contributed by atoms with van der Waals surface area (Å²) in [5.41, 5.74) is 2.69. The number of benzene rings is 2. The zero-order chi connectivity index (χ0) is 22.3. The van der Waals surface area contributed by atoms with Crippen molar-refractivity contribution in [3.63, 3.8) is 0 Å². The van der Waals surface area contributed by atoms with Gasteiger partial charge in [-0.05, 0) is 67.7 Å². The van der Waals surface area contributed by atoms with Crippen LogP contribution in [0.4, 0.5) is 5.69 Å². The Labute approximate surface area is 192 Å². The molecule has 0 atom stereocenters. The van der Waals surface area contributed by atoms with Crippen molar-refractivity contribution in [2.45, 2.75) is 19.3 Å². The van der Waals surface area contributed by atoms with Crippen molar-refractivity contribution in [1.82, 2.24) is 20.4 Å². The molecule has 3 N–H and O–H groups in total. The second-order valence-corrected chi connectivity index (χ2v) is 8.36. The number of hydrogen-bond acceptors (Lipinski definition) is 4. The molecule has 0 bridgehead atoms. The number of amides is 2. The molecule has 166 valence electrons. The quantitative estimate of drug-likeness (QED) is 0.513. The summed E-state index contributed by atoms with van der Waals surface area (Å²) in [6.07, 6.45) is 5.77. The molecular weight excluding hydrogens is 426 g/mol. The van der Waals surface area contributed by atoms with Gasteiger partial charge in [0.2, 0.25) is 5.91 Å². The molecule has 7 nitrogen and oxygen atoms in total. The fourth-order valence-corrected chi connectivity index (χ4v) is 3.93. The van der Waals surface area contributed by atoms with Crippen LogP contribution in [0.3, 0.4) is 0 Å². The van der Waals surface area contributed by atoms with E-state index in [2.05, 4.69) is 21.0 Å². The van der Waals surface area contributed by atoms with Gasteiger partial charge in [-0.1, -0.05) is 29.8 Å². The lowest BCUT2D eigenvalue weighted by atomic mass is 9.98. The van der Waals surface area contributed by atoms with Gasteiger partial charge in [-0.25, -0.2) is 4.68 Å². The summed E-state index contributed by atoms with van der Waals surface area (Å²) < 4.78 is 1.67. The Morgan fingerprint density at radius 3 is 2.75 bits per heavy atom. The monoisotopic (exact) mass is 451 g/mol. The first-order valence-corrected chi connectivity index (χ1v) is 11.1. The second kappa shape index (κ2) is 10.4. The van der Waals surface area contributed by atoms with Crippen molar-refractivity contribution in [3.05, 3.63) is 77.1 Å². The molecule has 2 amide bonds. The molecule has 0 spiro atoms. The van der Waals surface area contributed by atoms with E-state index in [1.807, 2.05) is 24.3 Å². The number of aromatic nitrogens is 2. The average Bonchev–Trinajstić information content (AvgIpc) is 3.28. The first-order chi connectivity index (χ1) is 15.6. The molecule has 1 aliphatic heterocycles. The minimum atomic E-state index is -0.177. The third-order valence-corrected chi connectivity index (χ3v) is 5.86. The molecule has 2 heterocycles. The molecule has 1 aliphatic rings. The number of para-hydroxylation sites is 1. The number of hydrogen-bond donors (Lipinski definition) is 3. The van der Waals surface area contributed by atoms with Crippen molar-refractivity contribution >= 4 is 29.1 Å². The molecule has 8 heteroatoms. The van der Waals surface area contributed by atoms with Gasteiger partial charge >= 0.3 is 0 Å². The Bertz CT molecular complexity index is 1090. The molecule has 1 fully saturated rings. The summed E-state index contributed by atoms with van der Waals surface area (Å²) in [7, 11) is 0. The molecular formula is C24H26ClN5O2. The van der Waals surface area contributed by atoms with Crippen LogP contribution in [0.5, 0.6) is 0 Å². The summed E-state index contributed by atoms with van der Waals surface area (Å²) in [5, 5.41) is 14.0. The Balaban J connectivity index is 1.36. The standard InChI is InChI=1S/C24H26ClN5O2/c25-21-6-1-2-7-22(21)29-23(31)12-18-15-28-30(16-18)20-5-3-4-19(13-20)24(32)27-14-17-8-10-26-11-9-17/h1-7,13,15-17,26H,8-12,14H2,(H,27,32)(H,29,31). The topological polar surface area (TPSA) is 88.0 Å².